The van der Waals surface area contributed by atoms with E-state index in [2.05, 4.69) is 0 Å². The number of aliphatic carboxylic acids is 2. The minimum atomic E-state index is -1.14. The van der Waals surface area contributed by atoms with Gasteiger partial charge in [0.25, 0.3) is 0 Å². The van der Waals surface area contributed by atoms with Crippen molar-refractivity contribution in [2.45, 2.75) is 85.6 Å². The average molecular weight is 640 g/mol. The second kappa shape index (κ2) is 14.6. The number of rotatable bonds is 14. The molecule has 45 heavy (non-hydrogen) atoms. The van der Waals surface area contributed by atoms with Crippen molar-refractivity contribution >= 4 is 29.8 Å². The minimum absolute atomic E-state index is 0.126. The van der Waals surface area contributed by atoms with Crippen LogP contribution >= 0.6 is 0 Å². The highest BCUT2D eigenvalue weighted by Crippen LogP contribution is 2.50. The molecular weight excluding hydrogens is 590 g/mol. The van der Waals surface area contributed by atoms with Crippen LogP contribution in [-0.4, -0.2) is 99.9 Å². The molecule has 3 fully saturated rings. The molecule has 2 saturated carbocycles. The van der Waals surface area contributed by atoms with Gasteiger partial charge < -0.3 is 34.6 Å². The first-order valence-electron chi connectivity index (χ1n) is 15.7. The van der Waals surface area contributed by atoms with E-state index in [9.17, 15) is 44.4 Å². The zero-order chi connectivity index (χ0) is 33.9. The number of carboxylic acids is 2. The lowest BCUT2D eigenvalue weighted by Crippen LogP contribution is -2.48. The molecule has 0 aromatic rings. The summed E-state index contributed by atoms with van der Waals surface area (Å²) in [6.07, 6.45) is 4.33. The average Bonchev–Trinajstić information content (AvgIpc) is 3.31. The van der Waals surface area contributed by atoms with Crippen molar-refractivity contribution in [3.63, 3.8) is 0 Å². The number of ether oxygens (including phenoxy) is 3. The molecule has 4 aliphatic rings. The van der Waals surface area contributed by atoms with E-state index in [1.54, 1.807) is 27.7 Å². The smallest absolute Gasteiger partial charge is 0.321 e. The third kappa shape index (κ3) is 8.62. The molecule has 13 heteroatoms. The number of aliphatic hydroxyl groups is 2. The molecule has 1 aliphatic heterocycles. The van der Waals surface area contributed by atoms with Crippen molar-refractivity contribution in [1.29, 1.82) is 0 Å². The highest BCUT2D eigenvalue weighted by Gasteiger charge is 2.57. The van der Waals surface area contributed by atoms with Gasteiger partial charge in [-0.1, -0.05) is 26.0 Å². The normalized spacial score (nSPS) is 29.6. The number of aliphatic hydroxyl groups excluding tert-OH is 2. The maximum Gasteiger partial charge on any atom is 0.321 e. The largest absolute Gasteiger partial charge is 0.481 e. The number of hydrogen-bond donors (Lipinski definition) is 4. The molecule has 9 unspecified atom stereocenters. The van der Waals surface area contributed by atoms with Crippen LogP contribution in [0.3, 0.4) is 0 Å². The quantitative estimate of drug-likeness (QED) is 0.123. The molecule has 4 N–H and O–H groups in total. The number of esters is 3. The Morgan fingerprint density at radius 3 is 1.80 bits per heavy atom. The van der Waals surface area contributed by atoms with Crippen LogP contribution in [0.4, 0.5) is 0 Å². The van der Waals surface area contributed by atoms with Crippen LogP contribution < -0.4 is 0 Å². The SMILES string of the molecule is CCC(C)(C)C(=O)OCC(O)COC(=O)C1C2C=CC(C2)C1C(=O)O.CCC(C)(C)C(=O)OCC(O)N1CC2CC2C1C(=O)O. The zero-order valence-corrected chi connectivity index (χ0v) is 27.0. The molecule has 2 bridgehead atoms. The van der Waals surface area contributed by atoms with Crippen molar-refractivity contribution in [3.8, 4) is 0 Å². The summed E-state index contributed by atoms with van der Waals surface area (Å²) in [5.74, 6) is -4.57. The number of carbonyl (C=O) groups is 5. The Hall–Kier alpha value is -3.03. The van der Waals surface area contributed by atoms with Gasteiger partial charge in [-0.05, 0) is 77.0 Å². The van der Waals surface area contributed by atoms with Gasteiger partial charge >= 0.3 is 29.8 Å². The predicted octanol–water partition coefficient (Wildman–Crippen LogP) is 2.08. The number of piperidine rings is 1. The van der Waals surface area contributed by atoms with Crippen LogP contribution in [0.1, 0.15) is 67.2 Å². The Morgan fingerprint density at radius 1 is 0.778 bits per heavy atom. The second-order valence-corrected chi connectivity index (χ2v) is 13.9. The summed E-state index contributed by atoms with van der Waals surface area (Å²) in [7, 11) is 0. The van der Waals surface area contributed by atoms with Crippen LogP contribution in [0, 0.1) is 46.3 Å². The Bertz CT molecular complexity index is 1150. The van der Waals surface area contributed by atoms with Crippen LogP contribution in [0.5, 0.6) is 0 Å². The summed E-state index contributed by atoms with van der Waals surface area (Å²) in [6, 6.07) is -0.645. The third-order valence-corrected chi connectivity index (χ3v) is 9.90. The number of allylic oxidation sites excluding steroid dienone is 2. The summed E-state index contributed by atoms with van der Waals surface area (Å²) >= 11 is 0. The number of nitrogens with zero attached hydrogens (tertiary/aromatic N) is 1. The molecule has 4 rings (SSSR count). The van der Waals surface area contributed by atoms with Crippen molar-refractivity contribution in [2.75, 3.05) is 26.4 Å². The lowest BCUT2D eigenvalue weighted by molar-refractivity contribution is -0.165. The number of fused-ring (bicyclic) bond motifs is 3. The second-order valence-electron chi connectivity index (χ2n) is 13.9. The lowest BCUT2D eigenvalue weighted by Gasteiger charge is -2.30. The van der Waals surface area contributed by atoms with E-state index in [-0.39, 0.29) is 43.5 Å². The molecule has 1 saturated heterocycles. The topological polar surface area (TPSA) is 197 Å². The molecule has 1 heterocycles. The van der Waals surface area contributed by atoms with Crippen LogP contribution in [0.2, 0.25) is 0 Å². The summed E-state index contributed by atoms with van der Waals surface area (Å²) in [6.45, 7) is 10.6. The standard InChI is InChI=1S/C18H26O7.C14H23NO5/c1-4-18(2,3)17(23)25-9-12(19)8-24-16(22)14-11-6-5-10(7-11)13(14)15(20)21;1-4-14(2,3)13(19)20-7-10(16)15-6-8-5-9(8)11(15)12(17)18/h5-6,10-14,19H,4,7-9H2,1-3H3,(H,20,21);8-11,16H,4-7H2,1-3H3,(H,17,18). The van der Waals surface area contributed by atoms with E-state index in [1.165, 1.54) is 4.90 Å². The van der Waals surface area contributed by atoms with Gasteiger partial charge in [0.05, 0.1) is 22.7 Å². The molecule has 0 aromatic heterocycles. The van der Waals surface area contributed by atoms with Gasteiger partial charge in [0, 0.05) is 6.54 Å². The number of likely N-dealkylation sites (tertiary alicyclic amines) is 1. The van der Waals surface area contributed by atoms with Crippen LogP contribution in [0.15, 0.2) is 12.2 Å². The Labute approximate surface area is 263 Å². The van der Waals surface area contributed by atoms with E-state index in [4.69, 9.17) is 14.2 Å². The van der Waals surface area contributed by atoms with E-state index in [0.29, 0.717) is 31.7 Å². The van der Waals surface area contributed by atoms with Crippen LogP contribution in [-0.2, 0) is 38.2 Å². The van der Waals surface area contributed by atoms with Crippen molar-refractivity contribution in [1.82, 2.24) is 4.90 Å². The summed E-state index contributed by atoms with van der Waals surface area (Å²) < 4.78 is 15.3. The molecule has 254 valence electrons. The fourth-order valence-electron chi connectivity index (χ4n) is 6.03. The van der Waals surface area contributed by atoms with Crippen molar-refractivity contribution in [3.05, 3.63) is 12.2 Å². The first-order chi connectivity index (χ1) is 20.9. The van der Waals surface area contributed by atoms with Crippen LogP contribution in [0.25, 0.3) is 0 Å². The number of carbonyl (C=O) groups excluding carboxylic acids is 3. The summed E-state index contributed by atoms with van der Waals surface area (Å²) in [5, 5.41) is 38.5. The van der Waals surface area contributed by atoms with Crippen molar-refractivity contribution < 1.29 is 58.6 Å². The van der Waals surface area contributed by atoms with E-state index in [0.717, 1.165) is 6.42 Å². The van der Waals surface area contributed by atoms with Gasteiger partial charge in [-0.2, -0.15) is 0 Å². The van der Waals surface area contributed by atoms with Gasteiger partial charge in [-0.25, -0.2) is 0 Å². The van der Waals surface area contributed by atoms with Gasteiger partial charge in [-0.15, -0.1) is 0 Å². The lowest BCUT2D eigenvalue weighted by atomic mass is 9.83. The predicted molar refractivity (Wildman–Crippen MR) is 158 cm³/mol. The third-order valence-electron chi connectivity index (χ3n) is 9.90. The van der Waals surface area contributed by atoms with E-state index < -0.39 is 64.9 Å². The fourth-order valence-corrected chi connectivity index (χ4v) is 6.03. The first-order valence-corrected chi connectivity index (χ1v) is 15.7. The molecule has 0 aromatic carbocycles. The highest BCUT2D eigenvalue weighted by atomic mass is 16.6. The summed E-state index contributed by atoms with van der Waals surface area (Å²) in [5.41, 5.74) is -1.22. The van der Waals surface area contributed by atoms with Gasteiger partial charge in [0.15, 0.2) is 0 Å². The molecule has 0 spiro atoms. The Morgan fingerprint density at radius 2 is 1.29 bits per heavy atom. The Kier molecular flexibility index (Phi) is 11.8. The number of carboxylic acid groups (broad SMARTS) is 2. The number of hydrogen-bond acceptors (Lipinski definition) is 11. The monoisotopic (exact) mass is 639 g/mol. The maximum atomic E-state index is 12.3. The van der Waals surface area contributed by atoms with Gasteiger partial charge in [-0.3, -0.25) is 28.9 Å². The molecule has 0 radical (unpaired) electrons. The van der Waals surface area contributed by atoms with E-state index >= 15 is 0 Å². The molecule has 13 nitrogen and oxygen atoms in total. The minimum Gasteiger partial charge on any atom is -0.481 e. The zero-order valence-electron chi connectivity index (χ0n) is 27.0. The van der Waals surface area contributed by atoms with E-state index in [1.807, 2.05) is 26.0 Å². The molecule has 3 aliphatic carbocycles. The molecular formula is C32H49NO12. The summed E-state index contributed by atoms with van der Waals surface area (Å²) in [4.78, 5) is 60.1. The van der Waals surface area contributed by atoms with Gasteiger partial charge in [0.1, 0.15) is 38.2 Å². The first kappa shape index (κ1) is 36.4. The highest BCUT2D eigenvalue weighted by molar-refractivity contribution is 5.83. The maximum absolute atomic E-state index is 12.3. The molecule has 0 amide bonds. The fraction of sp³-hybridized carbons (Fsp3) is 0.781. The van der Waals surface area contributed by atoms with Gasteiger partial charge in [0.2, 0.25) is 0 Å². The Balaban J connectivity index is 0.000000251. The molecule has 9 atom stereocenters. The van der Waals surface area contributed by atoms with Crippen molar-refractivity contribution in [2.24, 2.45) is 46.3 Å².